The maximum absolute atomic E-state index is 6.00. The maximum atomic E-state index is 6.00. The Kier molecular flexibility index (Phi) is 3.58. The van der Waals surface area contributed by atoms with Gasteiger partial charge in [-0.25, -0.2) is 4.98 Å². The third-order valence-corrected chi connectivity index (χ3v) is 4.19. The number of hydrogen-bond acceptors (Lipinski definition) is 7. The Morgan fingerprint density at radius 3 is 3.05 bits per heavy atom. The molecular weight excluding hydrogens is 264 g/mol. The summed E-state index contributed by atoms with van der Waals surface area (Å²) in [6.45, 7) is 2.35. The summed E-state index contributed by atoms with van der Waals surface area (Å²) in [7, 11) is 0. The monoisotopic (exact) mass is 280 g/mol. The number of nitrogens with two attached hydrogens (primary N) is 1. The molecule has 3 rings (SSSR count). The van der Waals surface area contributed by atoms with Crippen molar-refractivity contribution < 1.29 is 9.26 Å². The molecule has 0 spiro atoms. The molecule has 1 aliphatic rings. The average Bonchev–Trinajstić information content (AvgIpc) is 2.94. The molecule has 0 radical (unpaired) electrons. The lowest BCUT2D eigenvalue weighted by molar-refractivity contribution is -0.00549. The molecule has 2 heterocycles. The van der Waals surface area contributed by atoms with Crippen LogP contribution in [0.5, 0.6) is 0 Å². The molecule has 102 valence electrons. The van der Waals surface area contributed by atoms with Crippen LogP contribution in [0.1, 0.15) is 36.8 Å². The van der Waals surface area contributed by atoms with Crippen molar-refractivity contribution in [1.82, 2.24) is 15.1 Å². The van der Waals surface area contributed by atoms with Gasteiger partial charge in [0.1, 0.15) is 4.88 Å². The second-order valence-corrected chi connectivity index (χ2v) is 5.57. The first-order valence-electron chi connectivity index (χ1n) is 6.35. The molecule has 7 heteroatoms. The number of rotatable bonds is 5. The van der Waals surface area contributed by atoms with Gasteiger partial charge in [0.05, 0.1) is 30.0 Å². The van der Waals surface area contributed by atoms with Gasteiger partial charge in [0.2, 0.25) is 0 Å². The van der Waals surface area contributed by atoms with Crippen LogP contribution in [-0.2, 0) is 4.74 Å². The minimum Gasteiger partial charge on any atom is -0.376 e. The quantitative estimate of drug-likeness (QED) is 0.902. The van der Waals surface area contributed by atoms with Crippen molar-refractivity contribution in [1.29, 1.82) is 0 Å². The topological polar surface area (TPSA) is 87.1 Å². The molecule has 0 bridgehead atoms. The van der Waals surface area contributed by atoms with E-state index >= 15 is 0 Å². The molecule has 1 fully saturated rings. The molecule has 0 aliphatic heterocycles. The molecule has 2 aromatic heterocycles. The molecule has 1 unspecified atom stereocenters. The highest BCUT2D eigenvalue weighted by Gasteiger charge is 2.22. The van der Waals surface area contributed by atoms with Crippen LogP contribution in [-0.4, -0.2) is 27.8 Å². The summed E-state index contributed by atoms with van der Waals surface area (Å²) >= 11 is 1.48. The van der Waals surface area contributed by atoms with Crippen LogP contribution < -0.4 is 5.73 Å². The van der Waals surface area contributed by atoms with Crippen molar-refractivity contribution in [3.63, 3.8) is 0 Å². The fraction of sp³-hybridized carbons (Fsp3) is 0.583. The summed E-state index contributed by atoms with van der Waals surface area (Å²) in [5.41, 5.74) is 8.65. The maximum Gasteiger partial charge on any atom is 0.269 e. The summed E-state index contributed by atoms with van der Waals surface area (Å²) in [4.78, 5) is 9.38. The van der Waals surface area contributed by atoms with E-state index in [0.29, 0.717) is 24.4 Å². The number of thiazole rings is 1. The standard InChI is InChI=1S/C12H16N4O2S/c1-7-10(19-6-14-7)12-15-11(16-18-12)9(13)5-17-8-3-2-4-8/h6,8-9H,2-5,13H2,1H3. The Morgan fingerprint density at radius 1 is 1.58 bits per heavy atom. The Labute approximate surface area is 115 Å². The van der Waals surface area contributed by atoms with Gasteiger partial charge < -0.3 is 15.0 Å². The molecule has 1 aliphatic carbocycles. The molecule has 1 saturated carbocycles. The summed E-state index contributed by atoms with van der Waals surface area (Å²) in [5.74, 6) is 0.969. The van der Waals surface area contributed by atoms with Gasteiger partial charge in [-0.05, 0) is 26.2 Å². The minimum atomic E-state index is -0.341. The van der Waals surface area contributed by atoms with Crippen LogP contribution in [0.2, 0.25) is 0 Å². The third kappa shape index (κ3) is 2.68. The number of aromatic nitrogens is 3. The van der Waals surface area contributed by atoms with Crippen LogP contribution in [0.3, 0.4) is 0 Å². The fourth-order valence-electron chi connectivity index (χ4n) is 1.84. The first-order valence-corrected chi connectivity index (χ1v) is 7.23. The highest BCUT2D eigenvalue weighted by Crippen LogP contribution is 2.27. The number of aryl methyl sites for hydroxylation is 1. The Bertz CT molecular complexity index is 549. The van der Waals surface area contributed by atoms with Crippen LogP contribution in [0.15, 0.2) is 10.0 Å². The molecule has 19 heavy (non-hydrogen) atoms. The van der Waals surface area contributed by atoms with Gasteiger partial charge in [0, 0.05) is 0 Å². The molecule has 2 N–H and O–H groups in total. The summed E-state index contributed by atoms with van der Waals surface area (Å²) in [5, 5.41) is 3.92. The lowest BCUT2D eigenvalue weighted by Crippen LogP contribution is -2.27. The molecule has 2 aromatic rings. The van der Waals surface area contributed by atoms with E-state index in [1.165, 1.54) is 17.8 Å². The van der Waals surface area contributed by atoms with Gasteiger partial charge >= 0.3 is 0 Å². The van der Waals surface area contributed by atoms with E-state index in [0.717, 1.165) is 23.4 Å². The first-order chi connectivity index (χ1) is 9.24. The Morgan fingerprint density at radius 2 is 2.42 bits per heavy atom. The van der Waals surface area contributed by atoms with Crippen LogP contribution in [0.25, 0.3) is 10.8 Å². The Balaban J connectivity index is 1.65. The SMILES string of the molecule is Cc1ncsc1-c1nc(C(N)COC2CCC2)no1. The zero-order valence-corrected chi connectivity index (χ0v) is 11.5. The van der Waals surface area contributed by atoms with Gasteiger partial charge in [0.25, 0.3) is 5.89 Å². The van der Waals surface area contributed by atoms with Gasteiger partial charge in [0.15, 0.2) is 5.82 Å². The smallest absolute Gasteiger partial charge is 0.269 e. The minimum absolute atomic E-state index is 0.341. The highest BCUT2D eigenvalue weighted by molar-refractivity contribution is 7.13. The van der Waals surface area contributed by atoms with E-state index < -0.39 is 0 Å². The van der Waals surface area contributed by atoms with Gasteiger partial charge in [-0.15, -0.1) is 11.3 Å². The lowest BCUT2D eigenvalue weighted by atomic mass is 9.96. The van der Waals surface area contributed by atoms with E-state index in [9.17, 15) is 0 Å². The molecular formula is C12H16N4O2S. The second-order valence-electron chi connectivity index (χ2n) is 4.72. The lowest BCUT2D eigenvalue weighted by Gasteiger charge is -2.26. The summed E-state index contributed by atoms with van der Waals surface area (Å²) < 4.78 is 10.9. The van der Waals surface area contributed by atoms with Crippen molar-refractivity contribution in [3.05, 3.63) is 17.0 Å². The first kappa shape index (κ1) is 12.7. The zero-order chi connectivity index (χ0) is 13.2. The largest absolute Gasteiger partial charge is 0.376 e. The fourth-order valence-corrected chi connectivity index (χ4v) is 2.56. The molecule has 0 aromatic carbocycles. The molecule has 6 nitrogen and oxygen atoms in total. The predicted octanol–water partition coefficient (Wildman–Crippen LogP) is 2.07. The average molecular weight is 280 g/mol. The van der Waals surface area contributed by atoms with Gasteiger partial charge in [-0.3, -0.25) is 0 Å². The van der Waals surface area contributed by atoms with Gasteiger partial charge in [-0.2, -0.15) is 4.98 Å². The van der Waals surface area contributed by atoms with Crippen LogP contribution in [0.4, 0.5) is 0 Å². The van der Waals surface area contributed by atoms with E-state index in [1.54, 1.807) is 5.51 Å². The Hall–Kier alpha value is -1.31. The van der Waals surface area contributed by atoms with Crippen molar-refractivity contribution >= 4 is 11.3 Å². The van der Waals surface area contributed by atoms with Crippen molar-refractivity contribution in [3.8, 4) is 10.8 Å². The predicted molar refractivity (Wildman–Crippen MR) is 70.7 cm³/mol. The molecule has 0 amide bonds. The van der Waals surface area contributed by atoms with Crippen molar-refractivity contribution in [2.45, 2.75) is 38.3 Å². The third-order valence-electron chi connectivity index (χ3n) is 3.28. The number of nitrogens with zero attached hydrogens (tertiary/aromatic N) is 3. The van der Waals surface area contributed by atoms with Crippen molar-refractivity contribution in [2.24, 2.45) is 5.73 Å². The van der Waals surface area contributed by atoms with Crippen LogP contribution in [0, 0.1) is 6.92 Å². The van der Waals surface area contributed by atoms with E-state index in [-0.39, 0.29) is 6.04 Å². The van der Waals surface area contributed by atoms with Crippen LogP contribution >= 0.6 is 11.3 Å². The number of hydrogen-bond donors (Lipinski definition) is 1. The highest BCUT2D eigenvalue weighted by atomic mass is 32.1. The molecule has 0 saturated heterocycles. The van der Waals surface area contributed by atoms with E-state index in [2.05, 4.69) is 15.1 Å². The molecule has 1 atom stereocenters. The second kappa shape index (κ2) is 5.36. The summed E-state index contributed by atoms with van der Waals surface area (Å²) in [6, 6.07) is -0.341. The number of ether oxygens (including phenoxy) is 1. The van der Waals surface area contributed by atoms with Crippen molar-refractivity contribution in [2.75, 3.05) is 6.61 Å². The van der Waals surface area contributed by atoms with E-state index in [1.807, 2.05) is 6.92 Å². The summed E-state index contributed by atoms with van der Waals surface area (Å²) in [6.07, 6.45) is 3.87. The normalized spacial score (nSPS) is 17.4. The van der Waals surface area contributed by atoms with E-state index in [4.69, 9.17) is 15.0 Å². The zero-order valence-electron chi connectivity index (χ0n) is 10.7. The van der Waals surface area contributed by atoms with Gasteiger partial charge in [-0.1, -0.05) is 5.16 Å².